The largest absolute Gasteiger partial charge is 0.394 e. The molecule has 268 valence electrons. The number of hydrogen-bond acceptors (Lipinski definition) is 6. The number of para-hydroxylation sites is 1. The second-order valence-electron chi connectivity index (χ2n) is 13.4. The van der Waals surface area contributed by atoms with Gasteiger partial charge in [-0.25, -0.2) is 0 Å². The molecule has 3 unspecified atom stereocenters. The van der Waals surface area contributed by atoms with Crippen LogP contribution in [0.5, 0.6) is 0 Å². The predicted molar refractivity (Wildman–Crippen MR) is 205 cm³/mol. The van der Waals surface area contributed by atoms with Gasteiger partial charge in [0.1, 0.15) is 11.6 Å². The number of halogens is 1. The zero-order valence-corrected chi connectivity index (χ0v) is 30.9. The van der Waals surface area contributed by atoms with Crippen molar-refractivity contribution in [1.29, 1.82) is 0 Å². The molecule has 9 nitrogen and oxygen atoms in total. The van der Waals surface area contributed by atoms with Crippen LogP contribution in [-0.4, -0.2) is 89.1 Å². The van der Waals surface area contributed by atoms with E-state index in [9.17, 15) is 9.90 Å². The quantitative estimate of drug-likeness (QED) is 0.160. The Morgan fingerprint density at radius 2 is 1.45 bits per heavy atom. The van der Waals surface area contributed by atoms with Crippen molar-refractivity contribution in [3.05, 3.63) is 116 Å². The van der Waals surface area contributed by atoms with Gasteiger partial charge in [0.05, 0.1) is 30.6 Å². The number of likely N-dealkylation sites (tertiary alicyclic amines) is 1. The third-order valence-electron chi connectivity index (χ3n) is 10.7. The van der Waals surface area contributed by atoms with Crippen molar-refractivity contribution in [2.45, 2.75) is 55.3 Å². The van der Waals surface area contributed by atoms with Crippen LogP contribution in [0.3, 0.4) is 0 Å². The summed E-state index contributed by atoms with van der Waals surface area (Å²) in [6.45, 7) is 13.8. The number of alkyl halides is 1. The van der Waals surface area contributed by atoms with E-state index in [0.717, 1.165) is 24.3 Å². The Hall–Kier alpha value is -4.25. The molecular formula is C41H47BrN4O5. The minimum Gasteiger partial charge on any atom is -0.394 e. The van der Waals surface area contributed by atoms with Gasteiger partial charge in [0.15, 0.2) is 0 Å². The van der Waals surface area contributed by atoms with Crippen LogP contribution in [0.1, 0.15) is 25.8 Å². The van der Waals surface area contributed by atoms with Crippen LogP contribution < -0.4 is 14.7 Å². The minimum absolute atomic E-state index is 0.190. The van der Waals surface area contributed by atoms with Crippen LogP contribution in [0.4, 0.5) is 17.1 Å². The molecule has 3 aliphatic rings. The fraction of sp³-hybridized carbons (Fsp3) is 0.390. The van der Waals surface area contributed by atoms with Crippen molar-refractivity contribution in [2.75, 3.05) is 47.5 Å². The lowest BCUT2D eigenvalue weighted by Crippen LogP contribution is -2.59. The number of aliphatic hydroxyl groups excluding tert-OH is 1. The molecule has 3 saturated heterocycles. The SMILES string of the molecule is C=CCN(C(=O)C1N([C@@H](CO)Cc2ccccc2)C(=O)[C@@H]2[C@H](C(=O)N(CC=C)c3ccccc3)[C@H]3OC12CC3Br)c1ccc(N(CC)CC)cc1. The third kappa shape index (κ3) is 6.54. The highest BCUT2D eigenvalue weighted by Crippen LogP contribution is 2.61. The molecule has 0 aliphatic carbocycles. The summed E-state index contributed by atoms with van der Waals surface area (Å²) in [4.78, 5) is 51.8. The van der Waals surface area contributed by atoms with Crippen molar-refractivity contribution in [3.8, 4) is 0 Å². The molecule has 0 aromatic heterocycles. The highest BCUT2D eigenvalue weighted by atomic mass is 79.9. The third-order valence-corrected chi connectivity index (χ3v) is 11.5. The van der Waals surface area contributed by atoms with Crippen LogP contribution in [0.25, 0.3) is 0 Å². The Labute approximate surface area is 309 Å². The summed E-state index contributed by atoms with van der Waals surface area (Å²) >= 11 is 3.81. The van der Waals surface area contributed by atoms with Gasteiger partial charge in [-0.3, -0.25) is 14.4 Å². The molecule has 10 heteroatoms. The van der Waals surface area contributed by atoms with Gasteiger partial charge in [0, 0.05) is 48.1 Å². The molecule has 3 aromatic rings. The van der Waals surface area contributed by atoms with Gasteiger partial charge in [0.2, 0.25) is 11.8 Å². The number of rotatable bonds is 15. The smallest absolute Gasteiger partial charge is 0.253 e. The lowest BCUT2D eigenvalue weighted by atomic mass is 9.70. The summed E-state index contributed by atoms with van der Waals surface area (Å²) in [6, 6.07) is 24.9. The van der Waals surface area contributed by atoms with E-state index in [4.69, 9.17) is 4.74 Å². The predicted octanol–water partition coefficient (Wildman–Crippen LogP) is 5.62. The van der Waals surface area contributed by atoms with Crippen LogP contribution in [0.2, 0.25) is 0 Å². The Morgan fingerprint density at radius 1 is 0.902 bits per heavy atom. The number of fused-ring (bicyclic) bond motifs is 1. The topological polar surface area (TPSA) is 93.6 Å². The summed E-state index contributed by atoms with van der Waals surface area (Å²) in [7, 11) is 0. The molecule has 0 saturated carbocycles. The van der Waals surface area contributed by atoms with Crippen LogP contribution in [0.15, 0.2) is 110 Å². The number of carbonyl (C=O) groups excluding carboxylic acids is 3. The number of ether oxygens (including phenoxy) is 1. The first-order valence-corrected chi connectivity index (χ1v) is 18.7. The van der Waals surface area contributed by atoms with E-state index in [2.05, 4.69) is 47.8 Å². The Balaban J connectivity index is 1.45. The fourth-order valence-electron chi connectivity index (χ4n) is 8.43. The van der Waals surface area contributed by atoms with E-state index in [1.165, 1.54) is 0 Å². The van der Waals surface area contributed by atoms with E-state index in [0.29, 0.717) is 24.2 Å². The van der Waals surface area contributed by atoms with Gasteiger partial charge < -0.3 is 29.4 Å². The molecule has 2 bridgehead atoms. The van der Waals surface area contributed by atoms with E-state index < -0.39 is 35.6 Å². The van der Waals surface area contributed by atoms with Crippen molar-refractivity contribution in [1.82, 2.24) is 4.90 Å². The summed E-state index contributed by atoms with van der Waals surface area (Å²) in [6.07, 6.45) is 3.37. The Kier molecular flexibility index (Phi) is 11.1. The number of hydrogen-bond donors (Lipinski definition) is 1. The lowest BCUT2D eigenvalue weighted by Gasteiger charge is -2.39. The summed E-state index contributed by atoms with van der Waals surface area (Å²) in [5.41, 5.74) is 1.98. The van der Waals surface area contributed by atoms with Crippen LogP contribution >= 0.6 is 15.9 Å². The first-order chi connectivity index (χ1) is 24.7. The lowest BCUT2D eigenvalue weighted by molar-refractivity contribution is -0.144. The van der Waals surface area contributed by atoms with Crippen molar-refractivity contribution in [2.24, 2.45) is 11.8 Å². The molecule has 7 atom stereocenters. The maximum absolute atomic E-state index is 15.3. The van der Waals surface area contributed by atoms with Crippen molar-refractivity contribution >= 4 is 50.7 Å². The molecule has 6 rings (SSSR count). The zero-order valence-electron chi connectivity index (χ0n) is 29.3. The molecule has 3 fully saturated rings. The number of benzene rings is 3. The van der Waals surface area contributed by atoms with Gasteiger partial charge in [0.25, 0.3) is 5.91 Å². The average Bonchev–Trinajstić information content (AvgIpc) is 3.76. The number of amides is 3. The average molecular weight is 756 g/mol. The maximum Gasteiger partial charge on any atom is 0.253 e. The highest BCUT2D eigenvalue weighted by Gasteiger charge is 2.77. The number of aliphatic hydroxyl groups is 1. The van der Waals surface area contributed by atoms with Gasteiger partial charge in [-0.1, -0.05) is 76.6 Å². The van der Waals surface area contributed by atoms with E-state index in [-0.39, 0.29) is 42.2 Å². The molecule has 1 spiro atoms. The van der Waals surface area contributed by atoms with Crippen LogP contribution in [0, 0.1) is 11.8 Å². The molecule has 3 amide bonds. The van der Waals surface area contributed by atoms with Crippen molar-refractivity contribution in [3.63, 3.8) is 0 Å². The van der Waals surface area contributed by atoms with Gasteiger partial charge in [-0.15, -0.1) is 13.2 Å². The fourth-order valence-corrected chi connectivity index (χ4v) is 9.37. The van der Waals surface area contributed by atoms with Gasteiger partial charge >= 0.3 is 0 Å². The number of nitrogens with zero attached hydrogens (tertiary/aromatic N) is 4. The first kappa shape index (κ1) is 36.5. The summed E-state index contributed by atoms with van der Waals surface area (Å²) in [5, 5.41) is 10.9. The summed E-state index contributed by atoms with van der Waals surface area (Å²) in [5.74, 6) is -2.76. The zero-order chi connectivity index (χ0) is 36.3. The molecule has 3 aromatic carbocycles. The molecule has 0 radical (unpaired) electrons. The monoisotopic (exact) mass is 754 g/mol. The molecular weight excluding hydrogens is 708 g/mol. The van der Waals surface area contributed by atoms with E-state index in [1.807, 2.05) is 84.9 Å². The second-order valence-corrected chi connectivity index (χ2v) is 14.6. The van der Waals surface area contributed by atoms with E-state index >= 15 is 9.59 Å². The Bertz CT molecular complexity index is 1720. The van der Waals surface area contributed by atoms with Gasteiger partial charge in [-0.05, 0) is 68.7 Å². The minimum atomic E-state index is -1.31. The second kappa shape index (κ2) is 15.6. The molecule has 3 heterocycles. The first-order valence-electron chi connectivity index (χ1n) is 17.8. The molecule has 3 aliphatic heterocycles. The number of anilines is 3. The number of carbonyl (C=O) groups is 3. The molecule has 51 heavy (non-hydrogen) atoms. The van der Waals surface area contributed by atoms with Crippen molar-refractivity contribution < 1.29 is 24.2 Å². The highest BCUT2D eigenvalue weighted by molar-refractivity contribution is 9.09. The van der Waals surface area contributed by atoms with E-state index in [1.54, 1.807) is 26.9 Å². The maximum atomic E-state index is 15.3. The molecule has 1 N–H and O–H groups in total. The standard InChI is InChI=1S/C41H47BrN4O5/c1-5-23-44(30-17-13-10-14-18-30)38(48)34-35-39(49)46(32(27-47)25-28-15-11-9-12-16-28)37(41(35)26-33(42)36(34)51-41)40(50)45(24-6-2)31-21-19-29(20-22-31)43(7-3)8-4/h5-6,9-22,32-37,47H,1-2,7-8,23-27H2,3-4H3/t32-,33?,34+,35+,36+,37?,41?/m1/s1. The van der Waals surface area contributed by atoms with Gasteiger partial charge in [-0.2, -0.15) is 0 Å². The summed E-state index contributed by atoms with van der Waals surface area (Å²) < 4.78 is 6.87. The normalized spacial score (nSPS) is 25.3. The Morgan fingerprint density at radius 3 is 2.02 bits per heavy atom. The van der Waals surface area contributed by atoms with Crippen LogP contribution in [-0.2, 0) is 25.5 Å².